The van der Waals surface area contributed by atoms with Gasteiger partial charge in [-0.1, -0.05) is 11.3 Å². The van der Waals surface area contributed by atoms with Gasteiger partial charge in [-0.2, -0.15) is 0 Å². The van der Waals surface area contributed by atoms with Crippen molar-refractivity contribution in [2.45, 2.75) is 25.7 Å². The van der Waals surface area contributed by atoms with Crippen molar-refractivity contribution < 1.29 is 4.74 Å². The largest absolute Gasteiger partial charge is 0.483 e. The molecule has 0 aromatic carbocycles. The number of hydrogen-bond donors (Lipinski definition) is 0. The van der Waals surface area contributed by atoms with E-state index in [4.69, 9.17) is 4.74 Å². The third-order valence-corrected chi connectivity index (χ3v) is 2.79. The Hall–Kier alpha value is -0.570. The summed E-state index contributed by atoms with van der Waals surface area (Å²) in [5.74, 6) is 0.759. The number of aromatic nitrogens is 1. The van der Waals surface area contributed by atoms with Crippen LogP contribution in [0.25, 0.3) is 0 Å². The molecular formula is C8H11NOS. The van der Waals surface area contributed by atoms with E-state index < -0.39 is 0 Å². The van der Waals surface area contributed by atoms with Crippen LogP contribution >= 0.6 is 11.3 Å². The molecule has 11 heavy (non-hydrogen) atoms. The third kappa shape index (κ3) is 1.53. The molecule has 1 aromatic heterocycles. The third-order valence-electron chi connectivity index (χ3n) is 1.72. The summed E-state index contributed by atoms with van der Waals surface area (Å²) < 4.78 is 5.32. The summed E-state index contributed by atoms with van der Waals surface area (Å²) in [6.07, 6.45) is 4.47. The fraction of sp³-hybridized carbons (Fsp3) is 0.625. The molecule has 0 saturated heterocycles. The first kappa shape index (κ1) is 7.10. The molecule has 0 unspecified atom stereocenters. The lowest BCUT2D eigenvalue weighted by atomic mass is 10.5. The fourth-order valence-corrected chi connectivity index (χ4v) is 2.00. The van der Waals surface area contributed by atoms with E-state index in [9.17, 15) is 0 Å². The monoisotopic (exact) mass is 169 g/mol. The maximum atomic E-state index is 5.32. The summed E-state index contributed by atoms with van der Waals surface area (Å²) in [5.41, 5.74) is 0. The van der Waals surface area contributed by atoms with E-state index >= 15 is 0 Å². The molecule has 0 aliphatic heterocycles. The first-order valence-corrected chi connectivity index (χ1v) is 4.80. The van der Waals surface area contributed by atoms with Crippen molar-refractivity contribution in [2.75, 3.05) is 6.61 Å². The van der Waals surface area contributed by atoms with Crippen LogP contribution in [0, 0.1) is 0 Å². The molecular weight excluding hydrogens is 158 g/mol. The molecule has 1 aliphatic rings. The fourth-order valence-electron chi connectivity index (χ4n) is 1.00. The molecule has 0 amide bonds. The quantitative estimate of drug-likeness (QED) is 0.693. The average molecular weight is 169 g/mol. The van der Waals surface area contributed by atoms with Gasteiger partial charge in [0.1, 0.15) is 0 Å². The highest BCUT2D eigenvalue weighted by Gasteiger charge is 2.26. The Morgan fingerprint density at radius 3 is 3.18 bits per heavy atom. The van der Waals surface area contributed by atoms with E-state index in [1.807, 2.05) is 13.1 Å². The van der Waals surface area contributed by atoms with Gasteiger partial charge in [-0.15, -0.1) is 0 Å². The molecule has 1 fully saturated rings. The summed E-state index contributed by atoms with van der Waals surface area (Å²) in [6.45, 7) is 2.74. The van der Waals surface area contributed by atoms with Crippen molar-refractivity contribution in [2.24, 2.45) is 0 Å². The highest BCUT2D eigenvalue weighted by molar-refractivity contribution is 7.13. The Labute approximate surface area is 70.2 Å². The zero-order valence-electron chi connectivity index (χ0n) is 6.54. The van der Waals surface area contributed by atoms with E-state index in [1.165, 1.54) is 17.8 Å². The predicted octanol–water partition coefficient (Wildman–Crippen LogP) is 2.42. The Morgan fingerprint density at radius 2 is 2.55 bits per heavy atom. The van der Waals surface area contributed by atoms with Crippen LogP contribution < -0.4 is 4.74 Å². The van der Waals surface area contributed by atoms with Crippen molar-refractivity contribution in [1.29, 1.82) is 0 Å². The molecule has 2 nitrogen and oxygen atoms in total. The van der Waals surface area contributed by atoms with Gasteiger partial charge in [-0.3, -0.25) is 0 Å². The minimum atomic E-state index is 0.742. The Balaban J connectivity index is 2.06. The first-order valence-electron chi connectivity index (χ1n) is 3.98. The normalized spacial score (nSPS) is 16.8. The van der Waals surface area contributed by atoms with Crippen LogP contribution in [0.1, 0.15) is 30.7 Å². The Kier molecular flexibility index (Phi) is 1.82. The van der Waals surface area contributed by atoms with Crippen molar-refractivity contribution >= 4 is 11.3 Å². The molecule has 1 aromatic rings. The zero-order chi connectivity index (χ0) is 7.68. The standard InChI is InChI=1S/C8H11NOS/c1-2-10-7-5-9-8(11-7)6-3-4-6/h5-6H,2-4H2,1H3. The molecule has 1 saturated carbocycles. The maximum Gasteiger partial charge on any atom is 0.194 e. The van der Waals surface area contributed by atoms with Crippen LogP contribution in [0.5, 0.6) is 5.06 Å². The van der Waals surface area contributed by atoms with E-state index in [0.717, 1.165) is 17.6 Å². The number of rotatable bonds is 3. The number of hydrogen-bond acceptors (Lipinski definition) is 3. The lowest BCUT2D eigenvalue weighted by Crippen LogP contribution is -1.86. The lowest BCUT2D eigenvalue weighted by Gasteiger charge is -1.93. The van der Waals surface area contributed by atoms with Gasteiger partial charge in [0.15, 0.2) is 5.06 Å². The average Bonchev–Trinajstić information content (AvgIpc) is 2.75. The van der Waals surface area contributed by atoms with E-state index in [-0.39, 0.29) is 0 Å². The highest BCUT2D eigenvalue weighted by atomic mass is 32.1. The molecule has 2 rings (SSSR count). The summed E-state index contributed by atoms with van der Waals surface area (Å²) in [5, 5.41) is 2.22. The number of thiazole rings is 1. The van der Waals surface area contributed by atoms with Crippen LogP contribution in [-0.2, 0) is 0 Å². The van der Waals surface area contributed by atoms with Crippen LogP contribution in [-0.4, -0.2) is 11.6 Å². The van der Waals surface area contributed by atoms with Crippen molar-refractivity contribution in [3.05, 3.63) is 11.2 Å². The molecule has 0 radical (unpaired) electrons. The predicted molar refractivity (Wildman–Crippen MR) is 45.3 cm³/mol. The second kappa shape index (κ2) is 2.81. The first-order chi connectivity index (χ1) is 5.40. The van der Waals surface area contributed by atoms with E-state index in [2.05, 4.69) is 4.98 Å². The van der Waals surface area contributed by atoms with E-state index in [0.29, 0.717) is 0 Å². The van der Waals surface area contributed by atoms with Gasteiger partial charge in [0.05, 0.1) is 17.8 Å². The minimum absolute atomic E-state index is 0.742. The topological polar surface area (TPSA) is 22.1 Å². The van der Waals surface area contributed by atoms with Gasteiger partial charge in [-0.05, 0) is 19.8 Å². The number of ether oxygens (including phenoxy) is 1. The molecule has 3 heteroatoms. The second-order valence-corrected chi connectivity index (χ2v) is 3.75. The van der Waals surface area contributed by atoms with Gasteiger partial charge in [0, 0.05) is 5.92 Å². The molecule has 0 N–H and O–H groups in total. The van der Waals surface area contributed by atoms with Crippen LogP contribution in [0.3, 0.4) is 0 Å². The molecule has 60 valence electrons. The second-order valence-electron chi connectivity index (χ2n) is 2.72. The van der Waals surface area contributed by atoms with Gasteiger partial charge in [0.2, 0.25) is 0 Å². The van der Waals surface area contributed by atoms with Crippen LogP contribution in [0.2, 0.25) is 0 Å². The summed E-state index contributed by atoms with van der Waals surface area (Å²) in [6, 6.07) is 0. The molecule has 1 heterocycles. The van der Waals surface area contributed by atoms with Crippen molar-refractivity contribution in [3.63, 3.8) is 0 Å². The van der Waals surface area contributed by atoms with E-state index in [1.54, 1.807) is 11.3 Å². The van der Waals surface area contributed by atoms with Crippen molar-refractivity contribution in [1.82, 2.24) is 4.98 Å². The summed E-state index contributed by atoms with van der Waals surface area (Å²) >= 11 is 1.69. The van der Waals surface area contributed by atoms with Crippen molar-refractivity contribution in [3.8, 4) is 5.06 Å². The lowest BCUT2D eigenvalue weighted by molar-refractivity contribution is 0.349. The summed E-state index contributed by atoms with van der Waals surface area (Å²) in [7, 11) is 0. The highest BCUT2D eigenvalue weighted by Crippen LogP contribution is 2.43. The molecule has 1 aliphatic carbocycles. The zero-order valence-corrected chi connectivity index (χ0v) is 7.36. The summed E-state index contributed by atoms with van der Waals surface area (Å²) in [4.78, 5) is 4.29. The Morgan fingerprint density at radius 1 is 1.73 bits per heavy atom. The van der Waals surface area contributed by atoms with Crippen LogP contribution in [0.4, 0.5) is 0 Å². The molecule has 0 spiro atoms. The van der Waals surface area contributed by atoms with Gasteiger partial charge >= 0.3 is 0 Å². The Bertz CT molecular complexity index is 242. The minimum Gasteiger partial charge on any atom is -0.483 e. The smallest absolute Gasteiger partial charge is 0.194 e. The SMILES string of the molecule is CCOc1cnc(C2CC2)s1. The maximum absolute atomic E-state index is 5.32. The molecule has 0 atom stereocenters. The molecule has 0 bridgehead atoms. The van der Waals surface area contributed by atoms with Crippen LogP contribution in [0.15, 0.2) is 6.20 Å². The van der Waals surface area contributed by atoms with Gasteiger partial charge in [0.25, 0.3) is 0 Å². The van der Waals surface area contributed by atoms with Gasteiger partial charge in [-0.25, -0.2) is 4.98 Å². The number of nitrogens with zero attached hydrogens (tertiary/aromatic N) is 1. The van der Waals surface area contributed by atoms with Gasteiger partial charge < -0.3 is 4.74 Å².